The molecule has 0 aliphatic carbocycles. The van der Waals surface area contributed by atoms with Gasteiger partial charge in [-0.1, -0.05) is 48.5 Å². The van der Waals surface area contributed by atoms with Gasteiger partial charge in [0.1, 0.15) is 6.61 Å². The molecule has 1 fully saturated rings. The van der Waals surface area contributed by atoms with Crippen LogP contribution in [-0.2, 0) is 16.1 Å². The summed E-state index contributed by atoms with van der Waals surface area (Å²) >= 11 is 0. The van der Waals surface area contributed by atoms with E-state index in [1.165, 1.54) is 5.69 Å². The molecule has 1 aliphatic heterocycles. The molecule has 3 rings (SSSR count). The Balaban J connectivity index is 1.36. The van der Waals surface area contributed by atoms with Gasteiger partial charge in [0.05, 0.1) is 12.7 Å². The first-order valence-electron chi connectivity index (χ1n) is 8.67. The zero-order chi connectivity index (χ0) is 17.3. The maximum atomic E-state index is 11.8. The fourth-order valence-electron chi connectivity index (χ4n) is 2.88. The molecule has 0 aromatic heterocycles. The fourth-order valence-corrected chi connectivity index (χ4v) is 2.88. The van der Waals surface area contributed by atoms with E-state index in [9.17, 15) is 4.79 Å². The minimum absolute atomic E-state index is 0.114. The molecule has 132 valence electrons. The quantitative estimate of drug-likeness (QED) is 0.877. The number of amides is 1. The lowest BCUT2D eigenvalue weighted by Gasteiger charge is -2.34. The number of hydrogen-bond donors (Lipinski definition) is 1. The molecule has 1 unspecified atom stereocenters. The van der Waals surface area contributed by atoms with Crippen molar-refractivity contribution in [1.82, 2.24) is 5.32 Å². The summed E-state index contributed by atoms with van der Waals surface area (Å²) in [5.74, 6) is 0. The van der Waals surface area contributed by atoms with E-state index in [0.29, 0.717) is 13.2 Å². The predicted octanol–water partition coefficient (Wildman–Crippen LogP) is 3.21. The van der Waals surface area contributed by atoms with Crippen molar-refractivity contribution in [2.75, 3.05) is 31.1 Å². The van der Waals surface area contributed by atoms with Gasteiger partial charge in [-0.05, 0) is 24.1 Å². The average molecular weight is 340 g/mol. The second kappa shape index (κ2) is 9.08. The Morgan fingerprint density at radius 3 is 2.60 bits per heavy atom. The first-order chi connectivity index (χ1) is 12.3. The molecule has 0 saturated carbocycles. The molecule has 0 bridgehead atoms. The normalized spacial score (nSPS) is 17.1. The van der Waals surface area contributed by atoms with E-state index in [2.05, 4.69) is 22.3 Å². The first kappa shape index (κ1) is 17.3. The Hall–Kier alpha value is -2.53. The monoisotopic (exact) mass is 340 g/mol. The number of hydrogen-bond acceptors (Lipinski definition) is 4. The zero-order valence-electron chi connectivity index (χ0n) is 14.3. The van der Waals surface area contributed by atoms with Crippen LogP contribution in [0.3, 0.4) is 0 Å². The number of rotatable bonds is 6. The van der Waals surface area contributed by atoms with Crippen LogP contribution in [0.25, 0.3) is 0 Å². The maximum Gasteiger partial charge on any atom is 0.407 e. The molecule has 1 heterocycles. The van der Waals surface area contributed by atoms with Gasteiger partial charge in [-0.25, -0.2) is 4.79 Å². The number of alkyl carbamates (subject to hydrolysis) is 1. The Morgan fingerprint density at radius 1 is 1.12 bits per heavy atom. The smallest absolute Gasteiger partial charge is 0.407 e. The van der Waals surface area contributed by atoms with Crippen molar-refractivity contribution in [2.24, 2.45) is 0 Å². The molecule has 0 spiro atoms. The van der Waals surface area contributed by atoms with E-state index in [4.69, 9.17) is 9.47 Å². The Bertz CT molecular complexity index is 649. The fraction of sp³-hybridized carbons (Fsp3) is 0.350. The highest BCUT2D eigenvalue weighted by atomic mass is 16.5. The average Bonchev–Trinajstić information content (AvgIpc) is 2.68. The number of para-hydroxylation sites is 1. The summed E-state index contributed by atoms with van der Waals surface area (Å²) in [5, 5.41) is 2.80. The van der Waals surface area contributed by atoms with Crippen molar-refractivity contribution in [3.8, 4) is 0 Å². The molecule has 1 atom stereocenters. The zero-order valence-corrected chi connectivity index (χ0v) is 14.3. The Morgan fingerprint density at radius 2 is 1.84 bits per heavy atom. The first-order valence-corrected chi connectivity index (χ1v) is 8.67. The van der Waals surface area contributed by atoms with E-state index in [1.54, 1.807) is 0 Å². The van der Waals surface area contributed by atoms with Crippen molar-refractivity contribution in [2.45, 2.75) is 19.1 Å². The van der Waals surface area contributed by atoms with Gasteiger partial charge in [0, 0.05) is 25.3 Å². The molecule has 1 N–H and O–H groups in total. The molecular weight excluding hydrogens is 316 g/mol. The number of carbonyl (C=O) groups excluding carboxylic acids is 1. The molecule has 2 aromatic rings. The summed E-state index contributed by atoms with van der Waals surface area (Å²) in [7, 11) is 0. The van der Waals surface area contributed by atoms with Gasteiger partial charge in [-0.15, -0.1) is 0 Å². The summed E-state index contributed by atoms with van der Waals surface area (Å²) < 4.78 is 11.0. The molecule has 5 heteroatoms. The molecule has 1 amide bonds. The number of nitrogens with one attached hydrogen (secondary N) is 1. The summed E-state index contributed by atoms with van der Waals surface area (Å²) in [4.78, 5) is 14.1. The molecule has 2 aromatic carbocycles. The summed E-state index contributed by atoms with van der Waals surface area (Å²) in [6.07, 6.45) is 0.493. The van der Waals surface area contributed by atoms with Crippen LogP contribution in [0.2, 0.25) is 0 Å². The molecule has 5 nitrogen and oxygen atoms in total. The van der Waals surface area contributed by atoms with Gasteiger partial charge in [-0.3, -0.25) is 0 Å². The number of ether oxygens (including phenoxy) is 2. The third-order valence-electron chi connectivity index (χ3n) is 4.21. The van der Waals surface area contributed by atoms with Gasteiger partial charge >= 0.3 is 6.09 Å². The Kier molecular flexibility index (Phi) is 6.29. The van der Waals surface area contributed by atoms with Crippen LogP contribution < -0.4 is 10.2 Å². The van der Waals surface area contributed by atoms with Crippen LogP contribution in [0.5, 0.6) is 0 Å². The SMILES string of the molecule is O=C(NCCC1CN(c2ccccc2)CCO1)OCc1ccccc1. The molecule has 1 aliphatic rings. The van der Waals surface area contributed by atoms with Crippen molar-refractivity contribution in [1.29, 1.82) is 0 Å². The molecule has 1 saturated heterocycles. The third-order valence-corrected chi connectivity index (χ3v) is 4.21. The second-order valence-electron chi connectivity index (χ2n) is 6.05. The van der Waals surface area contributed by atoms with Crippen molar-refractivity contribution >= 4 is 11.8 Å². The van der Waals surface area contributed by atoms with Gasteiger partial charge in [0.15, 0.2) is 0 Å². The van der Waals surface area contributed by atoms with Gasteiger partial charge in [0.2, 0.25) is 0 Å². The topological polar surface area (TPSA) is 50.8 Å². The predicted molar refractivity (Wildman–Crippen MR) is 97.6 cm³/mol. The number of carbonyl (C=O) groups is 1. The van der Waals surface area contributed by atoms with Gasteiger partial charge in [-0.2, -0.15) is 0 Å². The molecule has 0 radical (unpaired) electrons. The highest BCUT2D eigenvalue weighted by molar-refractivity contribution is 5.67. The van der Waals surface area contributed by atoms with Crippen LogP contribution in [0.15, 0.2) is 60.7 Å². The number of nitrogens with zero attached hydrogens (tertiary/aromatic N) is 1. The van der Waals surface area contributed by atoms with Crippen LogP contribution in [-0.4, -0.2) is 38.4 Å². The maximum absolute atomic E-state index is 11.8. The van der Waals surface area contributed by atoms with Gasteiger partial charge < -0.3 is 19.7 Å². The molecule has 25 heavy (non-hydrogen) atoms. The van der Waals surface area contributed by atoms with Crippen molar-refractivity contribution < 1.29 is 14.3 Å². The lowest BCUT2D eigenvalue weighted by atomic mass is 10.2. The summed E-state index contributed by atoms with van der Waals surface area (Å²) in [6, 6.07) is 20.0. The van der Waals surface area contributed by atoms with Gasteiger partial charge in [0.25, 0.3) is 0 Å². The van der Waals surface area contributed by atoms with Crippen molar-refractivity contribution in [3.63, 3.8) is 0 Å². The standard InChI is InChI=1S/C20H24N2O3/c23-20(25-16-17-7-3-1-4-8-17)21-12-11-19-15-22(13-14-24-19)18-9-5-2-6-10-18/h1-10,19H,11-16H2,(H,21,23). The minimum Gasteiger partial charge on any atom is -0.445 e. The van der Waals surface area contributed by atoms with E-state index in [-0.39, 0.29) is 18.8 Å². The summed E-state index contributed by atoms with van der Waals surface area (Å²) in [5.41, 5.74) is 2.19. The van der Waals surface area contributed by atoms with E-state index < -0.39 is 0 Å². The molecular formula is C20H24N2O3. The van der Waals surface area contributed by atoms with Crippen LogP contribution in [0.1, 0.15) is 12.0 Å². The van der Waals surface area contributed by atoms with Crippen molar-refractivity contribution in [3.05, 3.63) is 66.2 Å². The number of morpholine rings is 1. The number of benzene rings is 2. The van der Waals surface area contributed by atoms with Crippen LogP contribution in [0.4, 0.5) is 10.5 Å². The van der Waals surface area contributed by atoms with E-state index >= 15 is 0 Å². The lowest BCUT2D eigenvalue weighted by molar-refractivity contribution is 0.0352. The largest absolute Gasteiger partial charge is 0.445 e. The second-order valence-corrected chi connectivity index (χ2v) is 6.05. The number of anilines is 1. The lowest BCUT2D eigenvalue weighted by Crippen LogP contribution is -2.43. The summed E-state index contributed by atoms with van der Waals surface area (Å²) in [6.45, 7) is 3.27. The van der Waals surface area contributed by atoms with E-state index in [0.717, 1.165) is 25.1 Å². The minimum atomic E-state index is -0.389. The highest BCUT2D eigenvalue weighted by Gasteiger charge is 2.20. The Labute approximate surface area is 148 Å². The van der Waals surface area contributed by atoms with Crippen LogP contribution in [0, 0.1) is 0 Å². The van der Waals surface area contributed by atoms with Crippen LogP contribution >= 0.6 is 0 Å². The third kappa shape index (κ3) is 5.50. The highest BCUT2D eigenvalue weighted by Crippen LogP contribution is 2.18. The van der Waals surface area contributed by atoms with E-state index in [1.807, 2.05) is 48.5 Å².